The Morgan fingerprint density at radius 2 is 1.95 bits per heavy atom. The van der Waals surface area contributed by atoms with E-state index in [0.29, 0.717) is 12.6 Å². The molecule has 1 aromatic heterocycles. The lowest BCUT2D eigenvalue weighted by molar-refractivity contribution is 0.102. The van der Waals surface area contributed by atoms with Crippen molar-refractivity contribution in [3.05, 3.63) is 57.8 Å². The highest BCUT2D eigenvalue weighted by Crippen LogP contribution is 2.19. The van der Waals surface area contributed by atoms with Gasteiger partial charge in [-0.15, -0.1) is 11.3 Å². The monoisotopic (exact) mass is 317 g/mol. The first-order chi connectivity index (χ1) is 10.6. The molecule has 0 fully saturated rings. The first-order valence-electron chi connectivity index (χ1n) is 7.62. The molecule has 2 atom stereocenters. The van der Waals surface area contributed by atoms with Crippen LogP contribution < -0.4 is 5.32 Å². The topological polar surface area (TPSA) is 49.3 Å². The summed E-state index contributed by atoms with van der Waals surface area (Å²) in [6.45, 7) is 4.27. The van der Waals surface area contributed by atoms with Gasteiger partial charge in [0.25, 0.3) is 0 Å². The lowest BCUT2D eigenvalue weighted by atomic mass is 10.1. The van der Waals surface area contributed by atoms with E-state index in [1.807, 2.05) is 42.5 Å². The van der Waals surface area contributed by atoms with Crippen LogP contribution in [0.1, 0.15) is 46.5 Å². The molecule has 0 amide bonds. The molecule has 0 aliphatic heterocycles. The number of thiophene rings is 1. The molecule has 0 aliphatic rings. The lowest BCUT2D eigenvalue weighted by Gasteiger charge is -2.17. The Morgan fingerprint density at radius 1 is 1.23 bits per heavy atom. The van der Waals surface area contributed by atoms with Crippen molar-refractivity contribution in [3.63, 3.8) is 0 Å². The van der Waals surface area contributed by atoms with Gasteiger partial charge in [0.05, 0.1) is 11.0 Å². The summed E-state index contributed by atoms with van der Waals surface area (Å²) in [5.74, 6) is 0.133. The SMILES string of the molecule is CC(=O)c1ccc(CCC(C)NC[C@H](O)c2ccccc2)s1. The van der Waals surface area contributed by atoms with Crippen molar-refractivity contribution in [2.45, 2.75) is 38.8 Å². The zero-order valence-electron chi connectivity index (χ0n) is 13.1. The number of Topliss-reactive ketones (excluding diaryl/α,β-unsaturated/α-hetero) is 1. The Kier molecular flexibility index (Phi) is 6.31. The maximum atomic E-state index is 11.3. The Balaban J connectivity index is 1.73. The minimum Gasteiger partial charge on any atom is -0.387 e. The van der Waals surface area contributed by atoms with Crippen LogP contribution in [0, 0.1) is 0 Å². The number of ketones is 1. The van der Waals surface area contributed by atoms with Crippen molar-refractivity contribution >= 4 is 17.1 Å². The van der Waals surface area contributed by atoms with E-state index in [9.17, 15) is 9.90 Å². The van der Waals surface area contributed by atoms with Crippen molar-refractivity contribution in [2.24, 2.45) is 0 Å². The van der Waals surface area contributed by atoms with Crippen LogP contribution >= 0.6 is 11.3 Å². The normalized spacial score (nSPS) is 13.8. The molecule has 0 saturated heterocycles. The van der Waals surface area contributed by atoms with Crippen molar-refractivity contribution in [1.29, 1.82) is 0 Å². The zero-order valence-corrected chi connectivity index (χ0v) is 13.9. The number of aryl methyl sites for hydroxylation is 1. The first kappa shape index (κ1) is 16.9. The molecular formula is C18H23NO2S. The van der Waals surface area contributed by atoms with Crippen LogP contribution in [-0.4, -0.2) is 23.5 Å². The third kappa shape index (κ3) is 5.05. The molecule has 1 aromatic carbocycles. The fourth-order valence-corrected chi connectivity index (χ4v) is 3.19. The van der Waals surface area contributed by atoms with Gasteiger partial charge in [0.2, 0.25) is 0 Å². The molecule has 0 spiro atoms. The summed E-state index contributed by atoms with van der Waals surface area (Å²) in [6.07, 6.45) is 1.46. The van der Waals surface area contributed by atoms with E-state index < -0.39 is 6.10 Å². The van der Waals surface area contributed by atoms with Gasteiger partial charge in [0, 0.05) is 17.5 Å². The molecule has 22 heavy (non-hydrogen) atoms. The minimum absolute atomic E-state index is 0.133. The molecular weight excluding hydrogens is 294 g/mol. The molecule has 2 N–H and O–H groups in total. The van der Waals surface area contributed by atoms with E-state index in [-0.39, 0.29) is 5.78 Å². The molecule has 0 saturated carbocycles. The largest absolute Gasteiger partial charge is 0.387 e. The number of nitrogens with one attached hydrogen (secondary N) is 1. The molecule has 1 heterocycles. The highest BCUT2D eigenvalue weighted by Gasteiger charge is 2.10. The van der Waals surface area contributed by atoms with Gasteiger partial charge in [-0.05, 0) is 44.4 Å². The van der Waals surface area contributed by atoms with Gasteiger partial charge < -0.3 is 10.4 Å². The van der Waals surface area contributed by atoms with E-state index in [1.165, 1.54) is 4.88 Å². The van der Waals surface area contributed by atoms with E-state index in [0.717, 1.165) is 23.3 Å². The van der Waals surface area contributed by atoms with Gasteiger partial charge in [-0.25, -0.2) is 0 Å². The highest BCUT2D eigenvalue weighted by molar-refractivity contribution is 7.14. The van der Waals surface area contributed by atoms with Gasteiger partial charge in [0.1, 0.15) is 0 Å². The second-order valence-electron chi connectivity index (χ2n) is 5.60. The summed E-state index contributed by atoms with van der Waals surface area (Å²) < 4.78 is 0. The molecule has 118 valence electrons. The second kappa shape index (κ2) is 8.22. The van der Waals surface area contributed by atoms with E-state index in [4.69, 9.17) is 0 Å². The van der Waals surface area contributed by atoms with Crippen LogP contribution in [-0.2, 0) is 6.42 Å². The Morgan fingerprint density at radius 3 is 2.59 bits per heavy atom. The van der Waals surface area contributed by atoms with Gasteiger partial charge in [-0.2, -0.15) is 0 Å². The second-order valence-corrected chi connectivity index (χ2v) is 6.76. The summed E-state index contributed by atoms with van der Waals surface area (Å²) >= 11 is 1.58. The average Bonchev–Trinajstić information content (AvgIpc) is 3.00. The van der Waals surface area contributed by atoms with Crippen LogP contribution in [0.15, 0.2) is 42.5 Å². The number of carbonyl (C=O) groups is 1. The predicted octanol–water partition coefficient (Wildman–Crippen LogP) is 3.60. The van der Waals surface area contributed by atoms with Crippen molar-refractivity contribution in [1.82, 2.24) is 5.32 Å². The van der Waals surface area contributed by atoms with Crippen LogP contribution in [0.25, 0.3) is 0 Å². The van der Waals surface area contributed by atoms with E-state index >= 15 is 0 Å². The Bertz CT molecular complexity index is 594. The van der Waals surface area contributed by atoms with Gasteiger partial charge in [-0.3, -0.25) is 4.79 Å². The minimum atomic E-state index is -0.477. The first-order valence-corrected chi connectivity index (χ1v) is 8.44. The number of carbonyl (C=O) groups excluding carboxylic acids is 1. The van der Waals surface area contributed by atoms with Crippen molar-refractivity contribution < 1.29 is 9.90 Å². The highest BCUT2D eigenvalue weighted by atomic mass is 32.1. The molecule has 3 nitrogen and oxygen atoms in total. The Hall–Kier alpha value is -1.49. The molecule has 1 unspecified atom stereocenters. The molecule has 0 aliphatic carbocycles. The van der Waals surface area contributed by atoms with E-state index in [1.54, 1.807) is 18.3 Å². The summed E-state index contributed by atoms with van der Waals surface area (Å²) in [5.41, 5.74) is 0.937. The average molecular weight is 317 g/mol. The predicted molar refractivity (Wildman–Crippen MR) is 91.5 cm³/mol. The molecule has 2 aromatic rings. The van der Waals surface area contributed by atoms with Gasteiger partial charge in [0.15, 0.2) is 5.78 Å². The van der Waals surface area contributed by atoms with Gasteiger partial charge >= 0.3 is 0 Å². The number of benzene rings is 1. The fraction of sp³-hybridized carbons (Fsp3) is 0.389. The summed E-state index contributed by atoms with van der Waals surface area (Å²) in [5, 5.41) is 13.5. The standard InChI is InChI=1S/C18H23NO2S/c1-13(8-9-16-10-11-18(22-16)14(2)20)19-12-17(21)15-6-4-3-5-7-15/h3-7,10-11,13,17,19,21H,8-9,12H2,1-2H3/t13?,17-/m0/s1. The lowest BCUT2D eigenvalue weighted by Crippen LogP contribution is -2.30. The summed E-state index contributed by atoms with van der Waals surface area (Å²) in [4.78, 5) is 13.3. The molecule has 4 heteroatoms. The number of hydrogen-bond acceptors (Lipinski definition) is 4. The smallest absolute Gasteiger partial charge is 0.169 e. The zero-order chi connectivity index (χ0) is 15.9. The van der Waals surface area contributed by atoms with Gasteiger partial charge in [-0.1, -0.05) is 30.3 Å². The maximum Gasteiger partial charge on any atom is 0.169 e. The third-order valence-corrected chi connectivity index (χ3v) is 4.92. The molecule has 0 bridgehead atoms. The fourth-order valence-electron chi connectivity index (χ4n) is 2.27. The van der Waals surface area contributed by atoms with Crippen molar-refractivity contribution in [3.8, 4) is 0 Å². The maximum absolute atomic E-state index is 11.3. The van der Waals surface area contributed by atoms with Crippen LogP contribution in [0.2, 0.25) is 0 Å². The summed E-state index contributed by atoms with van der Waals surface area (Å²) in [6, 6.07) is 13.9. The number of aliphatic hydroxyl groups excluding tert-OH is 1. The summed E-state index contributed by atoms with van der Waals surface area (Å²) in [7, 11) is 0. The third-order valence-electron chi connectivity index (χ3n) is 3.68. The van der Waals surface area contributed by atoms with E-state index in [2.05, 4.69) is 12.2 Å². The number of aliphatic hydroxyl groups is 1. The molecule has 2 rings (SSSR count). The number of rotatable bonds is 8. The quantitative estimate of drug-likeness (QED) is 0.732. The van der Waals surface area contributed by atoms with Crippen LogP contribution in [0.3, 0.4) is 0 Å². The number of hydrogen-bond donors (Lipinski definition) is 2. The molecule has 0 radical (unpaired) electrons. The van der Waals surface area contributed by atoms with Crippen molar-refractivity contribution in [2.75, 3.05) is 6.54 Å². The van der Waals surface area contributed by atoms with Crippen LogP contribution in [0.4, 0.5) is 0 Å². The Labute approximate surface area is 136 Å². The van der Waals surface area contributed by atoms with Crippen LogP contribution in [0.5, 0.6) is 0 Å².